The first kappa shape index (κ1) is 4.83. The first-order chi connectivity index (χ1) is 15.4. The number of H-pyrrole nitrogens is 1. The van der Waals surface area contributed by atoms with Crippen LogP contribution in [0.1, 0.15) is 31.7 Å². The molecule has 110 valence electrons. The van der Waals surface area contributed by atoms with E-state index in [-0.39, 0.29) is 4.90 Å². The number of benzene rings is 1. The van der Waals surface area contributed by atoms with Gasteiger partial charge in [0.2, 0.25) is 10.0 Å². The van der Waals surface area contributed by atoms with Crippen LogP contribution in [0.5, 0.6) is 0 Å². The van der Waals surface area contributed by atoms with E-state index in [1.165, 1.54) is 4.72 Å². The van der Waals surface area contributed by atoms with Gasteiger partial charge in [0.25, 0.3) is 0 Å². The van der Waals surface area contributed by atoms with Crippen molar-refractivity contribution in [1.82, 2.24) is 14.6 Å². The quantitative estimate of drug-likeness (QED) is 0.846. The third-order valence-corrected chi connectivity index (χ3v) is 3.31. The minimum atomic E-state index is -4.67. The summed E-state index contributed by atoms with van der Waals surface area (Å²) in [5.74, 6) is -1.23. The molecule has 6 heteroatoms. The second-order valence-corrected chi connectivity index (χ2v) is 5.57. The van der Waals surface area contributed by atoms with Crippen molar-refractivity contribution in [2.24, 2.45) is 0 Å². The Morgan fingerprint density at radius 3 is 3.10 bits per heavy atom. The number of rotatable bonds is 6. The van der Waals surface area contributed by atoms with E-state index in [1.54, 1.807) is 0 Å². The van der Waals surface area contributed by atoms with Crippen LogP contribution >= 0.6 is 0 Å². The highest BCUT2D eigenvalue weighted by molar-refractivity contribution is 7.88. The maximum atomic E-state index is 12.3. The van der Waals surface area contributed by atoms with Crippen molar-refractivity contribution in [2.45, 2.75) is 12.1 Å². The topological polar surface area (TPSA) is 65.2 Å². The lowest BCUT2D eigenvalue weighted by Gasteiger charge is -2.08. The molecule has 2 rings (SSSR count). The van der Waals surface area contributed by atoms with Crippen LogP contribution in [0.25, 0.3) is 10.9 Å². The molecule has 2 aromatic rings. The van der Waals surface area contributed by atoms with Crippen LogP contribution in [0.3, 0.4) is 0 Å². The molecule has 0 unspecified atom stereocenters. The Morgan fingerprint density at radius 1 is 1.50 bits per heavy atom. The van der Waals surface area contributed by atoms with Gasteiger partial charge in [-0.25, -0.2) is 13.1 Å². The van der Waals surface area contributed by atoms with Crippen molar-refractivity contribution in [3.05, 3.63) is 35.4 Å². The van der Waals surface area contributed by atoms with Gasteiger partial charge in [-0.2, -0.15) is 0 Å². The minimum absolute atomic E-state index is 0.0893. The molecule has 20 heavy (non-hydrogen) atoms. The summed E-state index contributed by atoms with van der Waals surface area (Å²) in [6.07, 6.45) is -3.67. The lowest BCUT2D eigenvalue weighted by Crippen LogP contribution is -2.20. The monoisotopic (exact) mass is 310 g/mol. The number of aromatic amines is 1. The molecule has 0 spiro atoms. The Balaban J connectivity index is 2.78. The van der Waals surface area contributed by atoms with Crippen LogP contribution in [0.15, 0.2) is 24.3 Å². The molecular weight excluding hydrogens is 274 g/mol. The highest BCUT2D eigenvalue weighted by Crippen LogP contribution is 2.21. The summed E-state index contributed by atoms with van der Waals surface area (Å²) in [7, 11) is -4.67. The molecule has 1 aromatic heterocycles. The lowest BCUT2D eigenvalue weighted by atomic mass is 10.1. The zero-order valence-electron chi connectivity index (χ0n) is 25.1. The molecule has 0 aliphatic carbocycles. The number of nitrogens with zero attached hydrogens (tertiary/aromatic N) is 1. The number of hydrogen-bond acceptors (Lipinski definition) is 3. The fourth-order valence-corrected chi connectivity index (χ4v) is 2.10. The molecule has 2 N–H and O–H groups in total. The van der Waals surface area contributed by atoms with Crippen molar-refractivity contribution >= 4 is 20.9 Å². The molecule has 0 radical (unpaired) electrons. The summed E-state index contributed by atoms with van der Waals surface area (Å²) in [5.41, 5.74) is -1.78. The summed E-state index contributed by atoms with van der Waals surface area (Å²) in [5, 5.41) is -0.531. The van der Waals surface area contributed by atoms with E-state index in [1.807, 2.05) is 0 Å². The van der Waals surface area contributed by atoms with Crippen molar-refractivity contribution < 1.29 is 29.0 Å². The van der Waals surface area contributed by atoms with E-state index in [0.717, 1.165) is 0 Å². The Bertz CT molecular complexity index is 1210. The van der Waals surface area contributed by atoms with Gasteiger partial charge in [-0.15, -0.1) is 0 Å². The summed E-state index contributed by atoms with van der Waals surface area (Å²) in [4.78, 5) is 2.22. The second kappa shape index (κ2) is 5.95. The third kappa shape index (κ3) is 3.59. The van der Waals surface area contributed by atoms with Gasteiger partial charge in [0.05, 0.1) is 11.2 Å². The highest BCUT2D eigenvalue weighted by atomic mass is 32.2. The molecule has 1 aromatic carbocycles. The Hall–Kier alpha value is -1.37. The number of aromatic nitrogens is 1. The fraction of sp³-hybridized carbons (Fsp3) is 0.429. The average Bonchev–Trinajstić information content (AvgIpc) is 2.96. The predicted molar refractivity (Wildman–Crippen MR) is 82.2 cm³/mol. The summed E-state index contributed by atoms with van der Waals surface area (Å²) < 4.78 is 141. The molecule has 0 aliphatic heterocycles. The molecule has 5 nitrogen and oxygen atoms in total. The summed E-state index contributed by atoms with van der Waals surface area (Å²) >= 11 is 0. The van der Waals surface area contributed by atoms with Crippen molar-refractivity contribution in [2.75, 3.05) is 27.5 Å². The van der Waals surface area contributed by atoms with Gasteiger partial charge in [0.1, 0.15) is 0 Å². The van der Waals surface area contributed by atoms with E-state index in [2.05, 4.69) is 4.98 Å². The average molecular weight is 310 g/mol. The van der Waals surface area contributed by atoms with Crippen molar-refractivity contribution in [3.8, 4) is 0 Å². The summed E-state index contributed by atoms with van der Waals surface area (Å²) in [6, 6.07) is -2.34. The Kier molecular flexibility index (Phi) is 1.44. The van der Waals surface area contributed by atoms with Crippen LogP contribution in [-0.4, -0.2) is 45.8 Å². The van der Waals surface area contributed by atoms with E-state index >= 15 is 0 Å². The molecule has 0 amide bonds. The van der Waals surface area contributed by atoms with E-state index in [9.17, 15) is 8.42 Å². The van der Waals surface area contributed by atoms with Gasteiger partial charge in [0.15, 0.2) is 0 Å². The SMILES string of the molecule is [2H]c1[nH]c2c([2H])c([2H])c(CS(=O)(=O)NC([2H])([2H])[2H])c([2H])c2c1C([2H])([2H])CN(C([2H])([2H])[2H])C([2H])([2H])[2H]. The number of fused-ring (bicyclic) bond motifs is 1. The molecule has 0 fully saturated rings. The maximum absolute atomic E-state index is 12.3. The number of nitrogens with one attached hydrogen (secondary N) is 2. The number of likely N-dealkylation sites (N-methyl/N-ethyl adjacent to an activating group) is 1. The van der Waals surface area contributed by atoms with Gasteiger partial charge in [-0.1, -0.05) is 6.04 Å². The Labute approximate surface area is 141 Å². The molecule has 0 bridgehead atoms. The van der Waals surface area contributed by atoms with Crippen LogP contribution in [-0.2, 0) is 22.1 Å². The number of sulfonamides is 1. The molecule has 1 heterocycles. The minimum Gasteiger partial charge on any atom is -0.361 e. The fourth-order valence-electron chi connectivity index (χ4n) is 1.50. The molecule has 0 atom stereocenters. The van der Waals surface area contributed by atoms with Crippen LogP contribution in [0.2, 0.25) is 0 Å². The van der Waals surface area contributed by atoms with Gasteiger partial charge < -0.3 is 9.88 Å². The first-order valence-electron chi connectivity index (χ1n) is 12.8. The smallest absolute Gasteiger partial charge is 0.215 e. The predicted octanol–water partition coefficient (Wildman–Crippen LogP) is 1.32. The van der Waals surface area contributed by atoms with Crippen LogP contribution in [0, 0.1) is 0 Å². The van der Waals surface area contributed by atoms with Crippen LogP contribution < -0.4 is 4.72 Å². The maximum Gasteiger partial charge on any atom is 0.215 e. The zero-order valence-corrected chi connectivity index (χ0v) is 10.9. The third-order valence-electron chi connectivity index (χ3n) is 2.33. The Morgan fingerprint density at radius 2 is 2.35 bits per heavy atom. The molecular formula is C14H21N3O2S. The lowest BCUT2D eigenvalue weighted by molar-refractivity contribution is 0.414. The molecule has 0 saturated heterocycles. The van der Waals surface area contributed by atoms with Gasteiger partial charge in [0, 0.05) is 38.7 Å². The molecule has 0 saturated carbocycles. The van der Waals surface area contributed by atoms with Gasteiger partial charge in [-0.05, 0) is 50.5 Å². The van der Waals surface area contributed by atoms with E-state index < -0.39 is 96.0 Å². The van der Waals surface area contributed by atoms with E-state index in [0.29, 0.717) is 0 Å². The molecule has 0 aliphatic rings. The second-order valence-electron chi connectivity index (χ2n) is 3.85. The standard InChI is InChI=1S/C14H21N3O2S/c1-15-20(18,19)10-11-4-5-14-13(8-11)12(9-16-14)6-7-17(2)3/h4-5,8-9,15-16H,6-7,10H2,1-3H3/i1D3,2D3,3D3,4D,5D,6D2,8D,9D. The van der Waals surface area contributed by atoms with Crippen molar-refractivity contribution in [1.29, 1.82) is 0 Å². The first-order valence-corrected chi connectivity index (χ1v) is 6.95. The van der Waals surface area contributed by atoms with E-state index in [4.69, 9.17) is 20.6 Å². The van der Waals surface area contributed by atoms with Crippen LogP contribution in [0.4, 0.5) is 0 Å². The highest BCUT2D eigenvalue weighted by Gasteiger charge is 2.11. The van der Waals surface area contributed by atoms with Crippen molar-refractivity contribution in [3.63, 3.8) is 0 Å². The largest absolute Gasteiger partial charge is 0.361 e. The zero-order chi connectivity index (χ0) is 27.5. The van der Waals surface area contributed by atoms with Gasteiger partial charge >= 0.3 is 0 Å². The van der Waals surface area contributed by atoms with Gasteiger partial charge in [-0.3, -0.25) is 0 Å². The number of hydrogen-bond donors (Lipinski definition) is 2. The normalized spacial score (nSPS) is 25.9. The summed E-state index contributed by atoms with van der Waals surface area (Å²) in [6.45, 7) is -11.0.